The fourth-order valence-electron chi connectivity index (χ4n) is 1.66. The lowest BCUT2D eigenvalue weighted by atomic mass is 9.93. The van der Waals surface area contributed by atoms with Gasteiger partial charge >= 0.3 is 0 Å². The standard InChI is InChI=1S/C13H20BrNO2.ClH/c1-5-8(2)13(15)9-6-10(16-3)12(14)11(7-9)17-4;/h6-8,13H,5,15H2,1-4H3;1H/t8?,13-;/m1./s1. The fraction of sp³-hybridized carbons (Fsp3) is 0.538. The first-order valence-electron chi connectivity index (χ1n) is 5.72. The zero-order chi connectivity index (χ0) is 13.0. The van der Waals surface area contributed by atoms with Gasteiger partial charge in [-0.1, -0.05) is 20.3 Å². The van der Waals surface area contributed by atoms with Crippen LogP contribution in [0.2, 0.25) is 0 Å². The van der Waals surface area contributed by atoms with Gasteiger partial charge in [-0.2, -0.15) is 0 Å². The van der Waals surface area contributed by atoms with Gasteiger partial charge in [-0.05, 0) is 39.5 Å². The van der Waals surface area contributed by atoms with E-state index in [0.717, 1.165) is 28.0 Å². The second kappa shape index (κ2) is 7.87. The summed E-state index contributed by atoms with van der Waals surface area (Å²) in [4.78, 5) is 0. The van der Waals surface area contributed by atoms with E-state index in [4.69, 9.17) is 15.2 Å². The molecule has 104 valence electrons. The molecule has 2 atom stereocenters. The molecular weight excluding hydrogens is 318 g/mol. The molecule has 1 rings (SSSR count). The van der Waals surface area contributed by atoms with Crippen LogP contribution < -0.4 is 15.2 Å². The molecule has 0 aliphatic heterocycles. The summed E-state index contributed by atoms with van der Waals surface area (Å²) in [6, 6.07) is 3.92. The molecule has 0 aliphatic rings. The summed E-state index contributed by atoms with van der Waals surface area (Å²) in [6.07, 6.45) is 1.04. The highest BCUT2D eigenvalue weighted by Crippen LogP contribution is 2.38. The van der Waals surface area contributed by atoms with Gasteiger partial charge in [-0.15, -0.1) is 12.4 Å². The van der Waals surface area contributed by atoms with E-state index in [1.54, 1.807) is 14.2 Å². The Balaban J connectivity index is 0.00000289. The van der Waals surface area contributed by atoms with Crippen LogP contribution in [0, 0.1) is 5.92 Å². The molecule has 0 saturated heterocycles. The van der Waals surface area contributed by atoms with E-state index in [-0.39, 0.29) is 18.4 Å². The van der Waals surface area contributed by atoms with E-state index >= 15 is 0 Å². The summed E-state index contributed by atoms with van der Waals surface area (Å²) in [5.41, 5.74) is 7.26. The van der Waals surface area contributed by atoms with Crippen molar-refractivity contribution in [2.45, 2.75) is 26.3 Å². The molecule has 0 aromatic heterocycles. The third-order valence-electron chi connectivity index (χ3n) is 3.11. The quantitative estimate of drug-likeness (QED) is 0.884. The van der Waals surface area contributed by atoms with Gasteiger partial charge in [0.15, 0.2) is 0 Å². The number of methoxy groups -OCH3 is 2. The first-order chi connectivity index (χ1) is 8.04. The van der Waals surface area contributed by atoms with Crippen molar-refractivity contribution in [1.29, 1.82) is 0 Å². The molecule has 0 radical (unpaired) electrons. The molecule has 0 amide bonds. The van der Waals surface area contributed by atoms with E-state index in [9.17, 15) is 0 Å². The van der Waals surface area contributed by atoms with Crippen molar-refractivity contribution in [3.05, 3.63) is 22.2 Å². The van der Waals surface area contributed by atoms with E-state index in [1.165, 1.54) is 0 Å². The number of rotatable bonds is 5. The lowest BCUT2D eigenvalue weighted by molar-refractivity contribution is 0.384. The lowest BCUT2D eigenvalue weighted by Crippen LogP contribution is -2.18. The highest BCUT2D eigenvalue weighted by atomic mass is 79.9. The average molecular weight is 339 g/mol. The third kappa shape index (κ3) is 3.77. The fourth-order valence-corrected chi connectivity index (χ4v) is 2.22. The Morgan fingerprint density at radius 1 is 1.22 bits per heavy atom. The van der Waals surface area contributed by atoms with Crippen LogP contribution in [0.4, 0.5) is 0 Å². The summed E-state index contributed by atoms with van der Waals surface area (Å²) in [5.74, 6) is 1.92. The maximum absolute atomic E-state index is 6.22. The Labute approximate surface area is 124 Å². The van der Waals surface area contributed by atoms with Crippen LogP contribution in [0.1, 0.15) is 31.9 Å². The number of halogens is 2. The normalized spacial score (nSPS) is 13.4. The molecule has 1 aromatic carbocycles. The van der Waals surface area contributed by atoms with Gasteiger partial charge < -0.3 is 15.2 Å². The Morgan fingerprint density at radius 2 is 1.67 bits per heavy atom. The predicted octanol–water partition coefficient (Wildman–Crippen LogP) is 3.93. The number of benzene rings is 1. The molecule has 0 saturated carbocycles. The Bertz CT molecular complexity index is 362. The van der Waals surface area contributed by atoms with Gasteiger partial charge in [-0.25, -0.2) is 0 Å². The van der Waals surface area contributed by atoms with Crippen molar-refractivity contribution in [1.82, 2.24) is 0 Å². The van der Waals surface area contributed by atoms with E-state index in [0.29, 0.717) is 5.92 Å². The molecule has 5 heteroatoms. The summed E-state index contributed by atoms with van der Waals surface area (Å²) >= 11 is 3.45. The highest BCUT2D eigenvalue weighted by Gasteiger charge is 2.17. The second-order valence-electron chi connectivity index (χ2n) is 4.15. The summed E-state index contributed by atoms with van der Waals surface area (Å²) in [5, 5.41) is 0. The van der Waals surface area contributed by atoms with Crippen LogP contribution in [0.5, 0.6) is 11.5 Å². The van der Waals surface area contributed by atoms with Crippen molar-refractivity contribution in [3.8, 4) is 11.5 Å². The smallest absolute Gasteiger partial charge is 0.137 e. The molecule has 0 fully saturated rings. The lowest BCUT2D eigenvalue weighted by Gasteiger charge is -2.20. The summed E-state index contributed by atoms with van der Waals surface area (Å²) < 4.78 is 11.4. The maximum Gasteiger partial charge on any atom is 0.137 e. The van der Waals surface area contributed by atoms with Gasteiger partial charge in [0.1, 0.15) is 16.0 Å². The van der Waals surface area contributed by atoms with Crippen LogP contribution in [-0.4, -0.2) is 14.2 Å². The van der Waals surface area contributed by atoms with Gasteiger partial charge in [0.2, 0.25) is 0 Å². The molecule has 2 N–H and O–H groups in total. The molecular formula is C13H21BrClNO2. The van der Waals surface area contributed by atoms with Crippen molar-refractivity contribution < 1.29 is 9.47 Å². The molecule has 0 aliphatic carbocycles. The predicted molar refractivity (Wildman–Crippen MR) is 80.9 cm³/mol. The minimum absolute atomic E-state index is 0. The monoisotopic (exact) mass is 337 g/mol. The molecule has 1 aromatic rings. The number of hydrogen-bond acceptors (Lipinski definition) is 3. The molecule has 0 spiro atoms. The van der Waals surface area contributed by atoms with Gasteiger partial charge in [-0.3, -0.25) is 0 Å². The Morgan fingerprint density at radius 3 is 2.00 bits per heavy atom. The van der Waals surface area contributed by atoms with Gasteiger partial charge in [0.05, 0.1) is 14.2 Å². The minimum Gasteiger partial charge on any atom is -0.495 e. The van der Waals surface area contributed by atoms with E-state index in [2.05, 4.69) is 29.8 Å². The third-order valence-corrected chi connectivity index (χ3v) is 3.89. The van der Waals surface area contributed by atoms with Crippen LogP contribution in [0.3, 0.4) is 0 Å². The molecule has 0 heterocycles. The zero-order valence-electron chi connectivity index (χ0n) is 11.2. The van der Waals surface area contributed by atoms with Crippen molar-refractivity contribution >= 4 is 28.3 Å². The molecule has 18 heavy (non-hydrogen) atoms. The van der Waals surface area contributed by atoms with Crippen LogP contribution in [0.25, 0.3) is 0 Å². The van der Waals surface area contributed by atoms with Crippen molar-refractivity contribution in [2.24, 2.45) is 11.7 Å². The first kappa shape index (κ1) is 17.6. The topological polar surface area (TPSA) is 44.5 Å². The van der Waals surface area contributed by atoms with Crippen LogP contribution in [-0.2, 0) is 0 Å². The number of hydrogen-bond donors (Lipinski definition) is 1. The second-order valence-corrected chi connectivity index (χ2v) is 4.94. The van der Waals surface area contributed by atoms with E-state index in [1.807, 2.05) is 12.1 Å². The maximum atomic E-state index is 6.22. The number of ether oxygens (including phenoxy) is 2. The zero-order valence-corrected chi connectivity index (χ0v) is 13.6. The number of nitrogens with two attached hydrogens (primary N) is 1. The molecule has 0 bridgehead atoms. The van der Waals surface area contributed by atoms with Crippen LogP contribution in [0.15, 0.2) is 16.6 Å². The average Bonchev–Trinajstić information content (AvgIpc) is 2.37. The first-order valence-corrected chi connectivity index (χ1v) is 6.51. The van der Waals surface area contributed by atoms with Gasteiger partial charge in [0.25, 0.3) is 0 Å². The van der Waals surface area contributed by atoms with Crippen molar-refractivity contribution in [3.63, 3.8) is 0 Å². The highest BCUT2D eigenvalue weighted by molar-refractivity contribution is 9.10. The largest absolute Gasteiger partial charge is 0.495 e. The summed E-state index contributed by atoms with van der Waals surface area (Å²) in [7, 11) is 3.27. The van der Waals surface area contributed by atoms with E-state index < -0.39 is 0 Å². The minimum atomic E-state index is -0.00380. The Hall–Kier alpha value is -0.450. The van der Waals surface area contributed by atoms with Gasteiger partial charge in [0, 0.05) is 6.04 Å². The molecule has 3 nitrogen and oxygen atoms in total. The summed E-state index contributed by atoms with van der Waals surface area (Å²) in [6.45, 7) is 4.28. The molecule has 1 unspecified atom stereocenters. The Kier molecular flexibility index (Phi) is 7.67. The SMILES string of the molecule is CCC(C)[C@@H](N)c1cc(OC)c(Br)c(OC)c1.Cl. The van der Waals surface area contributed by atoms with Crippen molar-refractivity contribution in [2.75, 3.05) is 14.2 Å². The van der Waals surface area contributed by atoms with Crippen LogP contribution >= 0.6 is 28.3 Å².